The molecule has 2 aromatic heterocycles. The van der Waals surface area contributed by atoms with Crippen molar-refractivity contribution < 1.29 is 4.79 Å². The first-order valence-electron chi connectivity index (χ1n) is 6.54. The smallest absolute Gasteiger partial charge is 0.289 e. The van der Waals surface area contributed by atoms with Gasteiger partial charge in [-0.15, -0.1) is 0 Å². The SMILES string of the molecule is Cn1cc(/C=N/NC(=O)c2ccccn2)c2ccccc21. The Bertz CT molecular complexity index is 806. The predicted molar refractivity (Wildman–Crippen MR) is 82.2 cm³/mol. The molecule has 0 spiro atoms. The van der Waals surface area contributed by atoms with Crippen molar-refractivity contribution in [3.8, 4) is 0 Å². The van der Waals surface area contributed by atoms with Crippen LogP contribution in [0.3, 0.4) is 0 Å². The van der Waals surface area contributed by atoms with E-state index in [1.54, 1.807) is 30.6 Å². The highest BCUT2D eigenvalue weighted by molar-refractivity contribution is 6.00. The van der Waals surface area contributed by atoms with Gasteiger partial charge in [-0.05, 0) is 18.2 Å². The molecule has 21 heavy (non-hydrogen) atoms. The van der Waals surface area contributed by atoms with Crippen LogP contribution in [0, 0.1) is 0 Å². The number of aromatic nitrogens is 2. The van der Waals surface area contributed by atoms with E-state index in [2.05, 4.69) is 15.5 Å². The zero-order valence-electron chi connectivity index (χ0n) is 11.5. The number of hydrazone groups is 1. The minimum atomic E-state index is -0.327. The average molecular weight is 278 g/mol. The van der Waals surface area contributed by atoms with Gasteiger partial charge in [0.25, 0.3) is 5.91 Å². The van der Waals surface area contributed by atoms with Crippen LogP contribution in [0.15, 0.2) is 60.0 Å². The van der Waals surface area contributed by atoms with Crippen LogP contribution >= 0.6 is 0 Å². The molecule has 0 bridgehead atoms. The first-order chi connectivity index (χ1) is 10.3. The van der Waals surface area contributed by atoms with Gasteiger partial charge in [0.15, 0.2) is 0 Å². The summed E-state index contributed by atoms with van der Waals surface area (Å²) in [4.78, 5) is 15.8. The van der Waals surface area contributed by atoms with Gasteiger partial charge in [-0.25, -0.2) is 5.43 Å². The first kappa shape index (κ1) is 13.1. The highest BCUT2D eigenvalue weighted by Gasteiger charge is 2.05. The lowest BCUT2D eigenvalue weighted by molar-refractivity contribution is 0.0950. The van der Waals surface area contributed by atoms with Gasteiger partial charge in [0, 0.05) is 35.9 Å². The highest BCUT2D eigenvalue weighted by Crippen LogP contribution is 2.18. The fourth-order valence-corrected chi connectivity index (χ4v) is 2.19. The van der Waals surface area contributed by atoms with Crippen LogP contribution in [0.2, 0.25) is 0 Å². The first-order valence-corrected chi connectivity index (χ1v) is 6.54. The summed E-state index contributed by atoms with van der Waals surface area (Å²) in [5.41, 5.74) is 4.89. The number of benzene rings is 1. The molecule has 104 valence electrons. The third-order valence-corrected chi connectivity index (χ3v) is 3.20. The second-order valence-corrected chi connectivity index (χ2v) is 4.63. The Morgan fingerprint density at radius 3 is 2.86 bits per heavy atom. The molecule has 1 aromatic carbocycles. The Balaban J connectivity index is 1.78. The van der Waals surface area contributed by atoms with Crippen LogP contribution in [-0.4, -0.2) is 21.7 Å². The molecule has 5 heteroatoms. The number of aryl methyl sites for hydroxylation is 1. The summed E-state index contributed by atoms with van der Waals surface area (Å²) >= 11 is 0. The van der Waals surface area contributed by atoms with Crippen LogP contribution in [0.4, 0.5) is 0 Å². The highest BCUT2D eigenvalue weighted by atomic mass is 16.2. The summed E-state index contributed by atoms with van der Waals surface area (Å²) in [7, 11) is 1.98. The molecule has 0 atom stereocenters. The normalized spacial score (nSPS) is 11.1. The van der Waals surface area contributed by atoms with Crippen molar-refractivity contribution in [3.63, 3.8) is 0 Å². The molecule has 0 saturated carbocycles. The minimum absolute atomic E-state index is 0.327. The second-order valence-electron chi connectivity index (χ2n) is 4.63. The van der Waals surface area contributed by atoms with E-state index in [9.17, 15) is 4.79 Å². The van der Waals surface area contributed by atoms with Crippen molar-refractivity contribution in [2.45, 2.75) is 0 Å². The third kappa shape index (κ3) is 2.67. The number of rotatable bonds is 3. The molecule has 0 aliphatic carbocycles. The van der Waals surface area contributed by atoms with Crippen molar-refractivity contribution in [1.82, 2.24) is 15.0 Å². The number of nitrogens with one attached hydrogen (secondary N) is 1. The molecule has 0 aliphatic heterocycles. The Labute approximate surface area is 121 Å². The molecule has 0 unspecified atom stereocenters. The van der Waals surface area contributed by atoms with Gasteiger partial charge in [-0.3, -0.25) is 9.78 Å². The second kappa shape index (κ2) is 5.58. The number of para-hydroxylation sites is 1. The lowest BCUT2D eigenvalue weighted by Gasteiger charge is -1.97. The molecule has 1 amide bonds. The quantitative estimate of drug-likeness (QED) is 0.590. The van der Waals surface area contributed by atoms with E-state index in [1.165, 1.54) is 0 Å². The standard InChI is InChI=1S/C16H14N4O/c1-20-11-12(13-6-2-3-8-15(13)20)10-18-19-16(21)14-7-4-5-9-17-14/h2-11H,1H3,(H,19,21)/b18-10+. The molecule has 0 fully saturated rings. The van der Waals surface area contributed by atoms with Crippen LogP contribution in [0.1, 0.15) is 16.1 Å². The van der Waals surface area contributed by atoms with Crippen molar-refractivity contribution in [2.24, 2.45) is 12.1 Å². The van der Waals surface area contributed by atoms with E-state index in [-0.39, 0.29) is 5.91 Å². The van der Waals surface area contributed by atoms with E-state index in [0.717, 1.165) is 16.5 Å². The van der Waals surface area contributed by atoms with Crippen molar-refractivity contribution in [1.29, 1.82) is 0 Å². The van der Waals surface area contributed by atoms with Crippen molar-refractivity contribution in [3.05, 3.63) is 66.1 Å². The molecule has 0 saturated heterocycles. The summed E-state index contributed by atoms with van der Waals surface area (Å²) in [6.07, 6.45) is 5.19. The fourth-order valence-electron chi connectivity index (χ4n) is 2.19. The molecule has 3 aromatic rings. The summed E-state index contributed by atoms with van der Waals surface area (Å²) in [6.45, 7) is 0. The molecule has 2 heterocycles. The van der Waals surface area contributed by atoms with Gasteiger partial charge in [-0.1, -0.05) is 24.3 Å². The van der Waals surface area contributed by atoms with E-state index in [1.807, 2.05) is 42.1 Å². The van der Waals surface area contributed by atoms with E-state index in [0.29, 0.717) is 5.69 Å². The van der Waals surface area contributed by atoms with E-state index in [4.69, 9.17) is 0 Å². The van der Waals surface area contributed by atoms with Gasteiger partial charge in [0.2, 0.25) is 0 Å². The number of hydrogen-bond acceptors (Lipinski definition) is 3. The molecule has 1 N–H and O–H groups in total. The zero-order chi connectivity index (χ0) is 14.7. The maximum absolute atomic E-state index is 11.8. The van der Waals surface area contributed by atoms with E-state index >= 15 is 0 Å². The topological polar surface area (TPSA) is 59.3 Å². The lowest BCUT2D eigenvalue weighted by atomic mass is 10.2. The Hall–Kier alpha value is -2.95. The van der Waals surface area contributed by atoms with Gasteiger partial charge in [-0.2, -0.15) is 5.10 Å². The number of amides is 1. The van der Waals surface area contributed by atoms with Crippen LogP contribution in [0.5, 0.6) is 0 Å². The minimum Gasteiger partial charge on any atom is -0.350 e. The van der Waals surface area contributed by atoms with Crippen molar-refractivity contribution >= 4 is 23.0 Å². The summed E-state index contributed by atoms with van der Waals surface area (Å²) in [5, 5.41) is 5.10. The third-order valence-electron chi connectivity index (χ3n) is 3.20. The molecule has 0 aliphatic rings. The molecule has 5 nitrogen and oxygen atoms in total. The van der Waals surface area contributed by atoms with Crippen molar-refractivity contribution in [2.75, 3.05) is 0 Å². The summed E-state index contributed by atoms with van der Waals surface area (Å²) in [5.74, 6) is -0.327. The number of pyridine rings is 1. The fraction of sp³-hybridized carbons (Fsp3) is 0.0625. The molecule has 3 rings (SSSR count). The van der Waals surface area contributed by atoms with Crippen LogP contribution in [-0.2, 0) is 7.05 Å². The largest absolute Gasteiger partial charge is 0.350 e. The maximum atomic E-state index is 11.8. The van der Waals surface area contributed by atoms with Gasteiger partial charge >= 0.3 is 0 Å². The van der Waals surface area contributed by atoms with E-state index < -0.39 is 0 Å². The van der Waals surface area contributed by atoms with Gasteiger partial charge < -0.3 is 4.57 Å². The summed E-state index contributed by atoms with van der Waals surface area (Å²) in [6, 6.07) is 13.2. The number of carbonyl (C=O) groups is 1. The monoisotopic (exact) mass is 278 g/mol. The average Bonchev–Trinajstić information content (AvgIpc) is 2.85. The lowest BCUT2D eigenvalue weighted by Crippen LogP contribution is -2.18. The maximum Gasteiger partial charge on any atom is 0.289 e. The number of fused-ring (bicyclic) bond motifs is 1. The number of carbonyl (C=O) groups excluding carboxylic acids is 1. The Kier molecular flexibility index (Phi) is 3.47. The number of nitrogens with zero attached hydrogens (tertiary/aromatic N) is 3. The summed E-state index contributed by atoms with van der Waals surface area (Å²) < 4.78 is 2.03. The zero-order valence-corrected chi connectivity index (χ0v) is 11.5. The molecular weight excluding hydrogens is 264 g/mol. The van der Waals surface area contributed by atoms with Gasteiger partial charge in [0.1, 0.15) is 5.69 Å². The van der Waals surface area contributed by atoms with Crippen LogP contribution < -0.4 is 5.43 Å². The number of hydrogen-bond donors (Lipinski definition) is 1. The van der Waals surface area contributed by atoms with Crippen LogP contribution in [0.25, 0.3) is 10.9 Å². The Morgan fingerprint density at radius 2 is 2.05 bits per heavy atom. The molecular formula is C16H14N4O. The molecule has 0 radical (unpaired) electrons. The Morgan fingerprint density at radius 1 is 1.24 bits per heavy atom. The predicted octanol–water partition coefficient (Wildman–Crippen LogP) is 2.34. The van der Waals surface area contributed by atoms with Gasteiger partial charge in [0.05, 0.1) is 6.21 Å².